The van der Waals surface area contributed by atoms with Gasteiger partial charge in [-0.2, -0.15) is 0 Å². The summed E-state index contributed by atoms with van der Waals surface area (Å²) in [5.74, 6) is -1.07. The van der Waals surface area contributed by atoms with Crippen molar-refractivity contribution in [2.75, 3.05) is 13.1 Å². The van der Waals surface area contributed by atoms with E-state index >= 15 is 0 Å². The molecule has 1 saturated carbocycles. The average Bonchev–Trinajstić information content (AvgIpc) is 3.38. The van der Waals surface area contributed by atoms with Gasteiger partial charge in [-0.15, -0.1) is 11.3 Å². The highest BCUT2D eigenvalue weighted by Gasteiger charge is 2.36. The molecule has 2 aliphatic rings. The lowest BCUT2D eigenvalue weighted by Gasteiger charge is -2.36. The lowest BCUT2D eigenvalue weighted by Crippen LogP contribution is -2.43. The summed E-state index contributed by atoms with van der Waals surface area (Å²) in [6, 6.07) is 4.01. The average molecular weight is 391 g/mol. The molecule has 1 aliphatic heterocycles. The second kappa shape index (κ2) is 8.02. The van der Waals surface area contributed by atoms with E-state index in [1.165, 1.54) is 12.1 Å². The van der Waals surface area contributed by atoms with E-state index in [0.29, 0.717) is 6.54 Å². The Balaban J connectivity index is 1.45. The molecule has 1 N–H and O–H groups in total. The predicted octanol–water partition coefficient (Wildman–Crippen LogP) is 3.90. The van der Waals surface area contributed by atoms with Gasteiger partial charge < -0.3 is 5.32 Å². The molecule has 27 heavy (non-hydrogen) atoms. The van der Waals surface area contributed by atoms with Crippen molar-refractivity contribution < 1.29 is 13.6 Å². The fourth-order valence-electron chi connectivity index (χ4n) is 3.79. The van der Waals surface area contributed by atoms with Crippen molar-refractivity contribution in [3.8, 4) is 0 Å². The van der Waals surface area contributed by atoms with Crippen LogP contribution >= 0.6 is 11.3 Å². The highest BCUT2D eigenvalue weighted by atomic mass is 32.1. The van der Waals surface area contributed by atoms with E-state index < -0.39 is 11.6 Å². The van der Waals surface area contributed by atoms with E-state index in [0.717, 1.165) is 49.3 Å². The molecule has 7 heteroatoms. The lowest BCUT2D eigenvalue weighted by molar-refractivity contribution is -0.123. The number of hydrogen-bond acceptors (Lipinski definition) is 4. The fourth-order valence-corrected chi connectivity index (χ4v) is 4.57. The Bertz CT molecular complexity index is 795. The molecule has 1 aromatic carbocycles. The minimum absolute atomic E-state index is 0.0779. The molecule has 1 aromatic heterocycles. The maximum Gasteiger partial charge on any atom is 0.223 e. The predicted molar refractivity (Wildman–Crippen MR) is 100 cm³/mol. The summed E-state index contributed by atoms with van der Waals surface area (Å²) < 4.78 is 26.7. The topological polar surface area (TPSA) is 45.2 Å². The zero-order valence-electron chi connectivity index (χ0n) is 15.0. The molecule has 144 valence electrons. The molecular weight excluding hydrogens is 368 g/mol. The summed E-state index contributed by atoms with van der Waals surface area (Å²) >= 11 is 1.57. The number of piperidine rings is 1. The van der Waals surface area contributed by atoms with Crippen LogP contribution in [0.5, 0.6) is 0 Å². The molecule has 0 radical (unpaired) electrons. The van der Waals surface area contributed by atoms with Crippen molar-refractivity contribution in [2.24, 2.45) is 11.8 Å². The number of aromatic nitrogens is 1. The lowest BCUT2D eigenvalue weighted by atomic mass is 9.90. The minimum atomic E-state index is -0.818. The van der Waals surface area contributed by atoms with Crippen molar-refractivity contribution >= 4 is 17.2 Å². The first-order valence-electron chi connectivity index (χ1n) is 9.46. The molecule has 2 fully saturated rings. The number of halogens is 2. The third-order valence-electron chi connectivity index (χ3n) is 5.37. The SMILES string of the molecule is O=C(NC(c1nccs1)C1CCCN(Cc2ccc(F)c(F)c2)C1)C1CC1. The number of hydrogen-bond donors (Lipinski definition) is 1. The van der Waals surface area contributed by atoms with Gasteiger partial charge in [-0.1, -0.05) is 6.07 Å². The van der Waals surface area contributed by atoms with E-state index in [2.05, 4.69) is 15.2 Å². The Hall–Kier alpha value is -1.86. The fraction of sp³-hybridized carbons (Fsp3) is 0.500. The monoisotopic (exact) mass is 391 g/mol. The van der Waals surface area contributed by atoms with Gasteiger partial charge in [0.2, 0.25) is 5.91 Å². The Labute approximate surface area is 161 Å². The summed E-state index contributed by atoms with van der Waals surface area (Å²) in [4.78, 5) is 19.1. The van der Waals surface area contributed by atoms with E-state index in [1.807, 2.05) is 5.38 Å². The number of likely N-dealkylation sites (tertiary alicyclic amines) is 1. The van der Waals surface area contributed by atoms with Crippen molar-refractivity contribution in [1.29, 1.82) is 0 Å². The van der Waals surface area contributed by atoms with Gasteiger partial charge in [0.25, 0.3) is 0 Å². The van der Waals surface area contributed by atoms with Crippen LogP contribution in [0.1, 0.15) is 42.3 Å². The molecule has 1 aliphatic carbocycles. The molecule has 2 aromatic rings. The molecule has 4 rings (SSSR count). The maximum atomic E-state index is 13.5. The molecule has 1 saturated heterocycles. The van der Waals surface area contributed by atoms with Gasteiger partial charge in [-0.25, -0.2) is 13.8 Å². The summed E-state index contributed by atoms with van der Waals surface area (Å²) in [6.07, 6.45) is 5.75. The summed E-state index contributed by atoms with van der Waals surface area (Å²) in [5.41, 5.74) is 0.766. The largest absolute Gasteiger partial charge is 0.346 e. The molecule has 1 amide bonds. The normalized spacial score (nSPS) is 21.8. The zero-order valence-corrected chi connectivity index (χ0v) is 15.9. The number of benzene rings is 1. The van der Waals surface area contributed by atoms with Crippen molar-refractivity contribution in [3.63, 3.8) is 0 Å². The second-order valence-electron chi connectivity index (χ2n) is 7.52. The van der Waals surface area contributed by atoms with Gasteiger partial charge in [0.05, 0.1) is 6.04 Å². The molecular formula is C20H23F2N3OS. The number of nitrogens with zero attached hydrogens (tertiary/aromatic N) is 2. The highest BCUT2D eigenvalue weighted by Crippen LogP contribution is 2.34. The van der Waals surface area contributed by atoms with Crippen LogP contribution in [0, 0.1) is 23.5 Å². The molecule has 4 nitrogen and oxygen atoms in total. The Morgan fingerprint density at radius 3 is 2.85 bits per heavy atom. The van der Waals surface area contributed by atoms with Gasteiger partial charge >= 0.3 is 0 Å². The summed E-state index contributed by atoms with van der Waals surface area (Å²) in [7, 11) is 0. The number of rotatable bonds is 6. The Morgan fingerprint density at radius 1 is 1.30 bits per heavy atom. The van der Waals surface area contributed by atoms with E-state index in [-0.39, 0.29) is 23.8 Å². The van der Waals surface area contributed by atoms with Crippen LogP contribution in [0.15, 0.2) is 29.8 Å². The van der Waals surface area contributed by atoms with Crippen LogP contribution in [0.4, 0.5) is 8.78 Å². The first kappa shape index (κ1) is 18.5. The second-order valence-corrected chi connectivity index (χ2v) is 8.44. The van der Waals surface area contributed by atoms with Crippen LogP contribution in [0.2, 0.25) is 0 Å². The standard InChI is InChI=1S/C20H23F2N3OS/c21-16-6-3-13(10-17(16)22)11-25-8-1-2-15(12-25)18(20-23-7-9-27-20)24-19(26)14-4-5-14/h3,6-7,9-10,14-15,18H,1-2,4-5,8,11-12H2,(H,24,26). The quantitative estimate of drug-likeness (QED) is 0.812. The van der Waals surface area contributed by atoms with Gasteiger partial charge in [0, 0.05) is 30.6 Å². The maximum absolute atomic E-state index is 13.5. The first-order chi connectivity index (χ1) is 13.1. The number of thiazole rings is 1. The summed E-state index contributed by atoms with van der Waals surface area (Å²) in [5, 5.41) is 6.11. The first-order valence-corrected chi connectivity index (χ1v) is 10.3. The van der Waals surface area contributed by atoms with Gasteiger partial charge in [-0.05, 0) is 55.8 Å². The van der Waals surface area contributed by atoms with Crippen molar-refractivity contribution in [1.82, 2.24) is 15.2 Å². The Kier molecular flexibility index (Phi) is 5.50. The van der Waals surface area contributed by atoms with Crippen molar-refractivity contribution in [2.45, 2.75) is 38.3 Å². The third kappa shape index (κ3) is 4.52. The Morgan fingerprint density at radius 2 is 2.15 bits per heavy atom. The molecule has 2 unspecified atom stereocenters. The molecule has 2 heterocycles. The number of carbonyl (C=O) groups is 1. The minimum Gasteiger partial charge on any atom is -0.346 e. The van der Waals surface area contributed by atoms with Crippen LogP contribution in [-0.2, 0) is 11.3 Å². The summed E-state index contributed by atoms with van der Waals surface area (Å²) in [6.45, 7) is 2.29. The van der Waals surface area contributed by atoms with Gasteiger partial charge in [0.15, 0.2) is 11.6 Å². The highest BCUT2D eigenvalue weighted by molar-refractivity contribution is 7.09. The van der Waals surface area contributed by atoms with Gasteiger partial charge in [-0.3, -0.25) is 9.69 Å². The van der Waals surface area contributed by atoms with Crippen molar-refractivity contribution in [3.05, 3.63) is 52.0 Å². The van der Waals surface area contributed by atoms with Gasteiger partial charge in [0.1, 0.15) is 5.01 Å². The molecule has 0 bridgehead atoms. The van der Waals surface area contributed by atoms with Crippen LogP contribution in [0.3, 0.4) is 0 Å². The van der Waals surface area contributed by atoms with Crippen LogP contribution in [-0.4, -0.2) is 28.9 Å². The third-order valence-corrected chi connectivity index (χ3v) is 6.23. The van der Waals surface area contributed by atoms with E-state index in [9.17, 15) is 13.6 Å². The molecule has 0 spiro atoms. The van der Waals surface area contributed by atoms with Crippen LogP contribution < -0.4 is 5.32 Å². The number of amides is 1. The number of nitrogens with one attached hydrogen (secondary N) is 1. The smallest absolute Gasteiger partial charge is 0.223 e. The zero-order chi connectivity index (χ0) is 18.8. The molecule has 2 atom stereocenters. The van der Waals surface area contributed by atoms with Crippen LogP contribution in [0.25, 0.3) is 0 Å². The number of carbonyl (C=O) groups excluding carboxylic acids is 1. The van der Waals surface area contributed by atoms with E-state index in [1.54, 1.807) is 23.6 Å². The van der Waals surface area contributed by atoms with E-state index in [4.69, 9.17) is 0 Å².